The smallest absolute Gasteiger partial charge is 0.151 e. The maximum Gasteiger partial charge on any atom is 0.151 e. The second-order valence-electron chi connectivity index (χ2n) is 5.19. The van der Waals surface area contributed by atoms with Gasteiger partial charge in [0.25, 0.3) is 0 Å². The average molecular weight is 263 g/mol. The Hall–Kier alpha value is -0.130. The van der Waals surface area contributed by atoms with E-state index in [4.69, 9.17) is 5.11 Å². The van der Waals surface area contributed by atoms with Crippen LogP contribution in [0.15, 0.2) is 0 Å². The second kappa shape index (κ2) is 6.71. The fourth-order valence-corrected chi connectivity index (χ4v) is 4.05. The van der Waals surface area contributed by atoms with E-state index < -0.39 is 9.84 Å². The molecule has 0 saturated heterocycles. The Morgan fingerprint density at radius 3 is 2.59 bits per heavy atom. The minimum Gasteiger partial charge on any atom is -0.396 e. The van der Waals surface area contributed by atoms with Gasteiger partial charge in [-0.2, -0.15) is 0 Å². The molecule has 1 aliphatic carbocycles. The minimum absolute atomic E-state index is 0.0902. The molecular weight excluding hydrogens is 238 g/mol. The van der Waals surface area contributed by atoms with E-state index in [1.807, 2.05) is 0 Å². The molecule has 4 nitrogen and oxygen atoms in total. The molecule has 0 heterocycles. The maximum atomic E-state index is 11.7. The molecule has 102 valence electrons. The predicted molar refractivity (Wildman–Crippen MR) is 69.8 cm³/mol. The highest BCUT2D eigenvalue weighted by Gasteiger charge is 2.32. The van der Waals surface area contributed by atoms with Crippen LogP contribution in [-0.4, -0.2) is 43.7 Å². The van der Waals surface area contributed by atoms with Crippen LogP contribution in [0.3, 0.4) is 0 Å². The first-order chi connectivity index (χ1) is 7.95. The number of aliphatic hydroxyl groups excluding tert-OH is 1. The summed E-state index contributed by atoms with van der Waals surface area (Å²) in [5, 5.41) is 12.0. The summed E-state index contributed by atoms with van der Waals surface area (Å²) in [6.07, 6.45) is 6.85. The first kappa shape index (κ1) is 14.9. The van der Waals surface area contributed by atoms with Crippen LogP contribution in [0.2, 0.25) is 0 Å². The van der Waals surface area contributed by atoms with Gasteiger partial charge in [0, 0.05) is 24.9 Å². The zero-order valence-electron chi connectivity index (χ0n) is 10.9. The molecule has 0 aromatic carbocycles. The number of hydrogen-bond donors (Lipinski definition) is 2. The van der Waals surface area contributed by atoms with Crippen molar-refractivity contribution in [2.45, 2.75) is 62.8 Å². The molecule has 0 amide bonds. The molecule has 1 saturated carbocycles. The van der Waals surface area contributed by atoms with Crippen molar-refractivity contribution in [1.82, 2.24) is 5.32 Å². The van der Waals surface area contributed by atoms with Gasteiger partial charge in [-0.1, -0.05) is 12.8 Å². The molecule has 1 rings (SSSR count). The molecular formula is C12H25NO3S. The van der Waals surface area contributed by atoms with Gasteiger partial charge < -0.3 is 10.4 Å². The molecule has 1 aliphatic rings. The molecule has 0 aromatic rings. The van der Waals surface area contributed by atoms with Crippen molar-refractivity contribution in [3.8, 4) is 0 Å². The predicted octanol–water partition coefficient (Wildman–Crippen LogP) is 1.09. The summed E-state index contributed by atoms with van der Waals surface area (Å²) in [4.78, 5) is 0. The number of sulfone groups is 1. The van der Waals surface area contributed by atoms with Crippen molar-refractivity contribution < 1.29 is 13.5 Å². The first-order valence-electron chi connectivity index (χ1n) is 6.51. The van der Waals surface area contributed by atoms with Gasteiger partial charge in [-0.15, -0.1) is 0 Å². The molecule has 3 atom stereocenters. The summed E-state index contributed by atoms with van der Waals surface area (Å²) < 4.78 is 23.4. The van der Waals surface area contributed by atoms with Gasteiger partial charge >= 0.3 is 0 Å². The van der Waals surface area contributed by atoms with E-state index in [2.05, 4.69) is 12.2 Å². The Labute approximate surface area is 105 Å². The molecule has 0 spiro atoms. The van der Waals surface area contributed by atoms with Crippen molar-refractivity contribution in [3.63, 3.8) is 0 Å². The van der Waals surface area contributed by atoms with Crippen LogP contribution >= 0.6 is 0 Å². The van der Waals surface area contributed by atoms with Crippen molar-refractivity contribution in [3.05, 3.63) is 0 Å². The van der Waals surface area contributed by atoms with Gasteiger partial charge in [0.05, 0.1) is 5.25 Å². The quantitative estimate of drug-likeness (QED) is 0.753. The number of nitrogens with one attached hydrogen (secondary N) is 1. The van der Waals surface area contributed by atoms with E-state index in [1.54, 1.807) is 0 Å². The van der Waals surface area contributed by atoms with Gasteiger partial charge in [-0.05, 0) is 32.6 Å². The van der Waals surface area contributed by atoms with E-state index in [0.29, 0.717) is 0 Å². The molecule has 2 N–H and O–H groups in total. The lowest BCUT2D eigenvalue weighted by molar-refractivity contribution is 0.268. The lowest BCUT2D eigenvalue weighted by Gasteiger charge is -2.33. The van der Waals surface area contributed by atoms with E-state index in [9.17, 15) is 8.42 Å². The zero-order chi connectivity index (χ0) is 12.9. The number of rotatable bonds is 6. The highest BCUT2D eigenvalue weighted by atomic mass is 32.2. The molecule has 1 fully saturated rings. The van der Waals surface area contributed by atoms with Crippen LogP contribution in [0.1, 0.15) is 45.4 Å². The summed E-state index contributed by atoms with van der Waals surface area (Å²) in [6, 6.07) is 0.363. The lowest BCUT2D eigenvalue weighted by atomic mass is 9.94. The van der Waals surface area contributed by atoms with Crippen molar-refractivity contribution in [1.29, 1.82) is 0 Å². The molecule has 0 aliphatic heterocycles. The van der Waals surface area contributed by atoms with Crippen LogP contribution in [-0.2, 0) is 9.84 Å². The normalized spacial score (nSPS) is 27.9. The van der Waals surface area contributed by atoms with Gasteiger partial charge in [0.15, 0.2) is 9.84 Å². The Kier molecular flexibility index (Phi) is 5.89. The largest absolute Gasteiger partial charge is 0.396 e. The Bertz CT molecular complexity index is 316. The highest BCUT2D eigenvalue weighted by Crippen LogP contribution is 2.24. The molecule has 17 heavy (non-hydrogen) atoms. The highest BCUT2D eigenvalue weighted by molar-refractivity contribution is 7.91. The summed E-state index contributed by atoms with van der Waals surface area (Å²) in [5.41, 5.74) is 0. The Balaban J connectivity index is 2.54. The van der Waals surface area contributed by atoms with Crippen molar-refractivity contribution in [2.24, 2.45) is 0 Å². The summed E-state index contributed by atoms with van der Waals surface area (Å²) in [5.74, 6) is 0. The van der Waals surface area contributed by atoms with Crippen LogP contribution in [0.4, 0.5) is 0 Å². The first-order valence-corrected chi connectivity index (χ1v) is 8.46. The standard InChI is InChI=1S/C12H25NO3S/c1-10(6-5-9-14)13-11-7-3-4-8-12(11)17(2,15)16/h10-14H,3-9H2,1-2H3. The molecule has 5 heteroatoms. The second-order valence-corrected chi connectivity index (χ2v) is 7.46. The Morgan fingerprint density at radius 1 is 1.35 bits per heavy atom. The maximum absolute atomic E-state index is 11.7. The van der Waals surface area contributed by atoms with Crippen molar-refractivity contribution in [2.75, 3.05) is 12.9 Å². The van der Waals surface area contributed by atoms with Crippen LogP contribution < -0.4 is 5.32 Å². The van der Waals surface area contributed by atoms with E-state index >= 15 is 0 Å². The summed E-state index contributed by atoms with van der Waals surface area (Å²) >= 11 is 0. The number of aliphatic hydroxyl groups is 1. The van der Waals surface area contributed by atoms with Crippen molar-refractivity contribution >= 4 is 9.84 Å². The summed E-state index contributed by atoms with van der Waals surface area (Å²) in [6.45, 7) is 2.26. The van der Waals surface area contributed by atoms with Gasteiger partial charge in [0.1, 0.15) is 0 Å². The molecule has 3 unspecified atom stereocenters. The van der Waals surface area contributed by atoms with Gasteiger partial charge in [0.2, 0.25) is 0 Å². The van der Waals surface area contributed by atoms with Crippen LogP contribution in [0.5, 0.6) is 0 Å². The number of hydrogen-bond acceptors (Lipinski definition) is 4. The Morgan fingerprint density at radius 2 is 2.00 bits per heavy atom. The lowest BCUT2D eigenvalue weighted by Crippen LogP contribution is -2.49. The summed E-state index contributed by atoms with van der Waals surface area (Å²) in [7, 11) is -2.95. The minimum atomic E-state index is -2.95. The van der Waals surface area contributed by atoms with E-state index in [1.165, 1.54) is 6.26 Å². The van der Waals surface area contributed by atoms with E-state index in [0.717, 1.165) is 38.5 Å². The fraction of sp³-hybridized carbons (Fsp3) is 1.00. The van der Waals surface area contributed by atoms with Gasteiger partial charge in [-0.3, -0.25) is 0 Å². The zero-order valence-corrected chi connectivity index (χ0v) is 11.7. The SMILES string of the molecule is CC(CCCO)NC1CCCCC1S(C)(=O)=O. The third-order valence-corrected chi connectivity index (χ3v) is 5.21. The molecule has 0 bridgehead atoms. The third-order valence-electron chi connectivity index (χ3n) is 3.55. The third kappa shape index (κ3) is 4.94. The van der Waals surface area contributed by atoms with Gasteiger partial charge in [-0.25, -0.2) is 8.42 Å². The average Bonchev–Trinajstić information content (AvgIpc) is 2.25. The molecule has 0 aromatic heterocycles. The topological polar surface area (TPSA) is 66.4 Å². The molecule has 0 radical (unpaired) electrons. The van der Waals surface area contributed by atoms with Crippen LogP contribution in [0, 0.1) is 0 Å². The fourth-order valence-electron chi connectivity index (χ4n) is 2.65. The van der Waals surface area contributed by atoms with Crippen LogP contribution in [0.25, 0.3) is 0 Å². The van der Waals surface area contributed by atoms with E-state index in [-0.39, 0.29) is 23.9 Å². The monoisotopic (exact) mass is 263 g/mol.